The molecule has 0 aliphatic carbocycles. The highest BCUT2D eigenvalue weighted by Crippen LogP contribution is 2.25. The number of aryl methyl sites for hydroxylation is 1. The summed E-state index contributed by atoms with van der Waals surface area (Å²) in [5, 5.41) is 9.16. The molecule has 0 aliphatic rings. The molecule has 122 valence electrons. The maximum Gasteiger partial charge on any atom is 0.252 e. The molecule has 1 aromatic heterocycles. The zero-order valence-electron chi connectivity index (χ0n) is 13.2. The van der Waals surface area contributed by atoms with Gasteiger partial charge in [0.2, 0.25) is 5.91 Å². The summed E-state index contributed by atoms with van der Waals surface area (Å²) in [6.45, 7) is 4.68. The molecule has 0 radical (unpaired) electrons. The summed E-state index contributed by atoms with van der Waals surface area (Å²) in [5.41, 5.74) is 2.33. The van der Waals surface area contributed by atoms with E-state index in [1.165, 1.54) is 11.3 Å². The van der Waals surface area contributed by atoms with E-state index < -0.39 is 0 Å². The summed E-state index contributed by atoms with van der Waals surface area (Å²) >= 11 is 1.46. The van der Waals surface area contributed by atoms with Gasteiger partial charge in [-0.1, -0.05) is 6.07 Å². The smallest absolute Gasteiger partial charge is 0.252 e. The van der Waals surface area contributed by atoms with E-state index >= 15 is 0 Å². The fourth-order valence-corrected chi connectivity index (χ4v) is 2.64. The van der Waals surface area contributed by atoms with Gasteiger partial charge >= 0.3 is 0 Å². The van der Waals surface area contributed by atoms with E-state index in [4.69, 9.17) is 4.74 Å². The second kappa shape index (κ2) is 8.33. The highest BCUT2D eigenvalue weighted by Gasteiger charge is 2.10. The number of amides is 2. The lowest BCUT2D eigenvalue weighted by atomic mass is 10.2. The Labute approximate surface area is 139 Å². The lowest BCUT2D eigenvalue weighted by Gasteiger charge is -2.12. The van der Waals surface area contributed by atoms with E-state index in [1.807, 2.05) is 37.4 Å². The number of rotatable bonds is 7. The number of benzene rings is 1. The van der Waals surface area contributed by atoms with Crippen LogP contribution >= 0.6 is 11.3 Å². The second-order valence-corrected chi connectivity index (χ2v) is 5.78. The highest BCUT2D eigenvalue weighted by atomic mass is 32.1. The van der Waals surface area contributed by atoms with Crippen molar-refractivity contribution in [3.63, 3.8) is 0 Å². The SMILES string of the molecule is CCOc1cc(C)ccc1NC(=O)CCNC(=O)c1ccsc1. The number of thiophene rings is 1. The Balaban J connectivity index is 1.84. The van der Waals surface area contributed by atoms with Gasteiger partial charge in [0.1, 0.15) is 5.75 Å². The van der Waals surface area contributed by atoms with Gasteiger partial charge in [-0.25, -0.2) is 0 Å². The molecular formula is C17H20N2O3S. The molecule has 0 aliphatic heterocycles. The zero-order valence-corrected chi connectivity index (χ0v) is 14.0. The third kappa shape index (κ3) is 5.10. The Bertz CT molecular complexity index is 668. The monoisotopic (exact) mass is 332 g/mol. The number of hydrogen-bond donors (Lipinski definition) is 2. The van der Waals surface area contributed by atoms with E-state index in [0.717, 1.165) is 5.56 Å². The van der Waals surface area contributed by atoms with Crippen LogP contribution in [0.1, 0.15) is 29.3 Å². The summed E-state index contributed by atoms with van der Waals surface area (Å²) in [7, 11) is 0. The summed E-state index contributed by atoms with van der Waals surface area (Å²) in [5.74, 6) is 0.327. The molecule has 1 aromatic carbocycles. The van der Waals surface area contributed by atoms with Gasteiger partial charge in [-0.15, -0.1) is 0 Å². The van der Waals surface area contributed by atoms with E-state index in [2.05, 4.69) is 10.6 Å². The number of carbonyl (C=O) groups excluding carboxylic acids is 2. The lowest BCUT2D eigenvalue weighted by Crippen LogP contribution is -2.27. The minimum atomic E-state index is -0.166. The maximum atomic E-state index is 12.0. The lowest BCUT2D eigenvalue weighted by molar-refractivity contribution is -0.116. The van der Waals surface area contributed by atoms with Gasteiger partial charge < -0.3 is 15.4 Å². The van der Waals surface area contributed by atoms with Crippen LogP contribution in [0.25, 0.3) is 0 Å². The van der Waals surface area contributed by atoms with Crippen LogP contribution in [0.2, 0.25) is 0 Å². The van der Waals surface area contributed by atoms with Gasteiger partial charge in [-0.05, 0) is 43.0 Å². The largest absolute Gasteiger partial charge is 0.492 e. The van der Waals surface area contributed by atoms with Crippen molar-refractivity contribution >= 4 is 28.8 Å². The van der Waals surface area contributed by atoms with Gasteiger partial charge in [0.15, 0.2) is 0 Å². The molecule has 2 N–H and O–H groups in total. The first-order valence-electron chi connectivity index (χ1n) is 7.44. The van der Waals surface area contributed by atoms with Gasteiger partial charge in [0.05, 0.1) is 12.3 Å². The van der Waals surface area contributed by atoms with Crippen LogP contribution in [0.4, 0.5) is 5.69 Å². The van der Waals surface area contributed by atoms with Crippen LogP contribution in [0.3, 0.4) is 0 Å². The topological polar surface area (TPSA) is 67.4 Å². The quantitative estimate of drug-likeness (QED) is 0.818. The highest BCUT2D eigenvalue weighted by molar-refractivity contribution is 7.08. The Morgan fingerprint density at radius 2 is 2.09 bits per heavy atom. The van der Waals surface area contributed by atoms with Crippen LogP contribution in [0.5, 0.6) is 5.75 Å². The first kappa shape index (κ1) is 17.0. The molecule has 0 fully saturated rings. The molecule has 0 bridgehead atoms. The molecule has 0 atom stereocenters. The van der Waals surface area contributed by atoms with Crippen LogP contribution in [-0.4, -0.2) is 25.0 Å². The van der Waals surface area contributed by atoms with Crippen molar-refractivity contribution in [1.82, 2.24) is 5.32 Å². The van der Waals surface area contributed by atoms with Crippen molar-refractivity contribution in [1.29, 1.82) is 0 Å². The molecule has 5 nitrogen and oxygen atoms in total. The molecule has 2 rings (SSSR count). The molecule has 23 heavy (non-hydrogen) atoms. The fraction of sp³-hybridized carbons (Fsp3) is 0.294. The molecule has 2 aromatic rings. The third-order valence-corrected chi connectivity index (χ3v) is 3.82. The summed E-state index contributed by atoms with van der Waals surface area (Å²) in [6, 6.07) is 7.37. The molecular weight excluding hydrogens is 312 g/mol. The molecule has 0 saturated heterocycles. The van der Waals surface area contributed by atoms with E-state index in [9.17, 15) is 9.59 Å². The maximum absolute atomic E-state index is 12.0. The van der Waals surface area contributed by atoms with Gasteiger partial charge in [0.25, 0.3) is 5.91 Å². The van der Waals surface area contributed by atoms with Crippen LogP contribution in [0, 0.1) is 6.92 Å². The predicted molar refractivity (Wildman–Crippen MR) is 92.2 cm³/mol. The second-order valence-electron chi connectivity index (χ2n) is 5.00. The Kier molecular flexibility index (Phi) is 6.17. The normalized spacial score (nSPS) is 10.2. The van der Waals surface area contributed by atoms with Crippen LogP contribution in [-0.2, 0) is 4.79 Å². The van der Waals surface area contributed by atoms with Crippen molar-refractivity contribution in [2.45, 2.75) is 20.3 Å². The Hall–Kier alpha value is -2.34. The first-order valence-corrected chi connectivity index (χ1v) is 8.38. The van der Waals surface area contributed by atoms with Gasteiger partial charge in [0, 0.05) is 23.9 Å². The standard InChI is InChI=1S/C17H20N2O3S/c1-3-22-15-10-12(2)4-5-14(15)19-16(20)6-8-18-17(21)13-7-9-23-11-13/h4-5,7,9-11H,3,6,8H2,1-2H3,(H,18,21)(H,19,20). The number of hydrogen-bond acceptors (Lipinski definition) is 4. The van der Waals surface area contributed by atoms with E-state index in [-0.39, 0.29) is 24.8 Å². The molecule has 2 amide bonds. The molecule has 0 spiro atoms. The number of ether oxygens (including phenoxy) is 1. The minimum Gasteiger partial charge on any atom is -0.492 e. The number of nitrogens with one attached hydrogen (secondary N) is 2. The molecule has 6 heteroatoms. The molecule has 0 saturated carbocycles. The van der Waals surface area contributed by atoms with Crippen molar-refractivity contribution in [3.8, 4) is 5.75 Å². The summed E-state index contributed by atoms with van der Waals surface area (Å²) in [4.78, 5) is 23.8. The average molecular weight is 332 g/mol. The van der Waals surface area contributed by atoms with Crippen molar-refractivity contribution in [3.05, 3.63) is 46.2 Å². The van der Waals surface area contributed by atoms with Crippen molar-refractivity contribution in [2.24, 2.45) is 0 Å². The Morgan fingerprint density at radius 3 is 2.78 bits per heavy atom. The van der Waals surface area contributed by atoms with Crippen LogP contribution in [0.15, 0.2) is 35.0 Å². The average Bonchev–Trinajstić information content (AvgIpc) is 3.04. The third-order valence-electron chi connectivity index (χ3n) is 3.13. The first-order chi connectivity index (χ1) is 11.1. The molecule has 0 unspecified atom stereocenters. The van der Waals surface area contributed by atoms with E-state index in [0.29, 0.717) is 23.6 Å². The minimum absolute atomic E-state index is 0.163. The van der Waals surface area contributed by atoms with E-state index in [1.54, 1.807) is 11.4 Å². The van der Waals surface area contributed by atoms with Crippen molar-refractivity contribution < 1.29 is 14.3 Å². The Morgan fingerprint density at radius 1 is 1.26 bits per heavy atom. The fourth-order valence-electron chi connectivity index (χ4n) is 2.01. The zero-order chi connectivity index (χ0) is 16.7. The summed E-state index contributed by atoms with van der Waals surface area (Å²) in [6.07, 6.45) is 0.204. The number of carbonyl (C=O) groups is 2. The summed E-state index contributed by atoms with van der Waals surface area (Å²) < 4.78 is 5.53. The van der Waals surface area contributed by atoms with Crippen LogP contribution < -0.4 is 15.4 Å². The van der Waals surface area contributed by atoms with Gasteiger partial charge in [-0.2, -0.15) is 11.3 Å². The van der Waals surface area contributed by atoms with Crippen molar-refractivity contribution in [2.75, 3.05) is 18.5 Å². The molecule has 1 heterocycles. The number of anilines is 1. The predicted octanol–water partition coefficient (Wildman–Crippen LogP) is 3.21. The van der Waals surface area contributed by atoms with Gasteiger partial charge in [-0.3, -0.25) is 9.59 Å².